The van der Waals surface area contributed by atoms with E-state index in [0.717, 1.165) is 72.0 Å². The van der Waals surface area contributed by atoms with Gasteiger partial charge in [-0.25, -0.2) is 17.1 Å². The lowest BCUT2D eigenvalue weighted by Crippen LogP contribution is -2.45. The Morgan fingerprint density at radius 3 is 1.61 bits per heavy atom. The van der Waals surface area contributed by atoms with Gasteiger partial charge in [-0.05, 0) is 141 Å². The lowest BCUT2D eigenvalue weighted by atomic mass is 10.0. The number of non-ortho nitro benzene ring substituents is 2. The number of nitrogens with zero attached hydrogens (tertiary/aromatic N) is 8. The number of nitrogens with one attached hydrogen (secondary N) is 1. The summed E-state index contributed by atoms with van der Waals surface area (Å²) >= 11 is 12.0. The molecule has 4 aromatic carbocycles. The van der Waals surface area contributed by atoms with E-state index in [9.17, 15) is 37.8 Å². The molecular formula is C50H71Cl3FN9O7S. The largest absolute Gasteiger partial charge is 0.370 e. The van der Waals surface area contributed by atoms with E-state index in [1.807, 2.05) is 24.3 Å². The van der Waals surface area contributed by atoms with Crippen LogP contribution in [0.3, 0.4) is 0 Å². The number of carbonyl (C=O) groups excluding carboxylic acids is 1. The number of ketones is 1. The zero-order valence-corrected chi connectivity index (χ0v) is 45.0. The molecule has 3 fully saturated rings. The third-order valence-electron chi connectivity index (χ3n) is 12.7. The minimum atomic E-state index is -3.83. The summed E-state index contributed by atoms with van der Waals surface area (Å²) in [7, 11) is 10.3. The molecule has 3 aliphatic rings. The van der Waals surface area contributed by atoms with E-state index in [4.69, 9.17) is 23.2 Å². The van der Waals surface area contributed by atoms with Crippen LogP contribution in [0.1, 0.15) is 50.5 Å². The number of sulfonamides is 1. The second-order valence-corrected chi connectivity index (χ2v) is 21.2. The number of halogens is 4. The Labute approximate surface area is 435 Å². The molecule has 3 atom stereocenters. The summed E-state index contributed by atoms with van der Waals surface area (Å²) in [5.41, 5.74) is 3.23. The molecule has 3 unspecified atom stereocenters. The number of hydrogen-bond acceptors (Lipinski definition) is 13. The molecule has 0 aliphatic carbocycles. The van der Waals surface area contributed by atoms with Gasteiger partial charge in [0.25, 0.3) is 11.4 Å². The van der Waals surface area contributed by atoms with Crippen LogP contribution < -0.4 is 15.1 Å². The molecular weight excluding hydrogens is 996 g/mol. The van der Waals surface area contributed by atoms with Crippen molar-refractivity contribution in [3.63, 3.8) is 0 Å². The predicted octanol–water partition coefficient (Wildman–Crippen LogP) is 8.93. The van der Waals surface area contributed by atoms with Crippen molar-refractivity contribution in [2.45, 2.75) is 74.4 Å². The number of Topliss-reactive ketones (excluding diaryl/α,β-unsaturated/α-hetero) is 1. The third kappa shape index (κ3) is 19.5. The maximum absolute atomic E-state index is 12.8. The van der Waals surface area contributed by atoms with E-state index in [2.05, 4.69) is 84.2 Å². The van der Waals surface area contributed by atoms with Crippen molar-refractivity contribution < 1.29 is 27.4 Å². The van der Waals surface area contributed by atoms with Gasteiger partial charge in [-0.1, -0.05) is 41.4 Å². The molecule has 21 heteroatoms. The Kier molecular flexibility index (Phi) is 25.6. The highest BCUT2D eigenvalue weighted by atomic mass is 35.5. The number of nitro groups is 2. The SMILES string of the molecule is CN(C)C1CCCN(c2ccc(CC(=O)CCN(C)S(=O)(=O)c3cccc(Cl)c3Cl)cc2)C1.CN(C)C1CCCN(c2ccc([N+](=O)[O-])cc2)C1.CN(C)C1CCCNC1.Cl.O=[N+]([O-])c1ccc(F)cc1. The van der Waals surface area contributed by atoms with Crippen molar-refractivity contribution in [2.75, 3.05) is 105 Å². The van der Waals surface area contributed by atoms with Crippen LogP contribution in [0.4, 0.5) is 27.1 Å². The van der Waals surface area contributed by atoms with Gasteiger partial charge < -0.3 is 29.8 Å². The van der Waals surface area contributed by atoms with E-state index in [1.54, 1.807) is 12.1 Å². The molecule has 7 rings (SSSR count). The monoisotopic (exact) mass is 1070 g/mol. The van der Waals surface area contributed by atoms with E-state index in [1.165, 1.54) is 82.5 Å². The van der Waals surface area contributed by atoms with E-state index >= 15 is 0 Å². The van der Waals surface area contributed by atoms with Gasteiger partial charge in [0.05, 0.1) is 19.9 Å². The summed E-state index contributed by atoms with van der Waals surface area (Å²) in [5, 5.41) is 24.1. The van der Waals surface area contributed by atoms with Gasteiger partial charge in [0.15, 0.2) is 0 Å². The normalized spacial score (nSPS) is 18.0. The second-order valence-electron chi connectivity index (χ2n) is 18.4. The maximum atomic E-state index is 12.8. The molecule has 0 radical (unpaired) electrons. The molecule has 0 spiro atoms. The summed E-state index contributed by atoms with van der Waals surface area (Å²) in [6, 6.07) is 25.7. The number of likely N-dealkylation sites (N-methyl/N-ethyl adjacent to an activating group) is 3. The smallest absolute Gasteiger partial charge is 0.269 e. The summed E-state index contributed by atoms with van der Waals surface area (Å²) in [4.78, 5) is 43.7. The lowest BCUT2D eigenvalue weighted by molar-refractivity contribution is -0.385. The van der Waals surface area contributed by atoms with Crippen molar-refractivity contribution >= 4 is 74.2 Å². The number of rotatable bonds is 14. The van der Waals surface area contributed by atoms with Gasteiger partial charge in [0, 0.05) is 113 Å². The van der Waals surface area contributed by atoms with Crippen molar-refractivity contribution in [2.24, 2.45) is 0 Å². The molecule has 16 nitrogen and oxygen atoms in total. The van der Waals surface area contributed by atoms with Crippen molar-refractivity contribution in [3.05, 3.63) is 133 Å². The Hall–Kier alpha value is -4.50. The number of hydrogen-bond donors (Lipinski definition) is 1. The molecule has 3 aliphatic heterocycles. The zero-order chi connectivity index (χ0) is 51.5. The lowest BCUT2D eigenvalue weighted by Gasteiger charge is -2.37. The molecule has 0 saturated carbocycles. The highest BCUT2D eigenvalue weighted by molar-refractivity contribution is 7.89. The average Bonchev–Trinajstić information content (AvgIpc) is 3.35. The Bertz CT molecular complexity index is 2380. The fraction of sp³-hybridized carbons (Fsp3) is 0.500. The highest BCUT2D eigenvalue weighted by Gasteiger charge is 2.26. The van der Waals surface area contributed by atoms with Gasteiger partial charge >= 0.3 is 0 Å². The molecule has 0 aromatic heterocycles. The number of carbonyl (C=O) groups is 1. The summed E-state index contributed by atoms with van der Waals surface area (Å²) in [6.45, 7) is 6.52. The van der Waals surface area contributed by atoms with Crippen LogP contribution in [0.5, 0.6) is 0 Å². The van der Waals surface area contributed by atoms with E-state index in [0.29, 0.717) is 12.1 Å². The molecule has 392 valence electrons. The quantitative estimate of drug-likeness (QED) is 0.0940. The van der Waals surface area contributed by atoms with Crippen LogP contribution in [0.15, 0.2) is 95.9 Å². The average molecular weight is 1070 g/mol. The third-order valence-corrected chi connectivity index (χ3v) is 15.6. The Morgan fingerprint density at radius 1 is 0.704 bits per heavy atom. The van der Waals surface area contributed by atoms with Gasteiger partial charge in [0.2, 0.25) is 10.0 Å². The molecule has 0 bridgehead atoms. The van der Waals surface area contributed by atoms with Gasteiger partial charge in [-0.2, -0.15) is 0 Å². The van der Waals surface area contributed by atoms with Gasteiger partial charge in [0.1, 0.15) is 16.5 Å². The second kappa shape index (κ2) is 29.9. The van der Waals surface area contributed by atoms with Crippen LogP contribution in [-0.2, 0) is 21.2 Å². The van der Waals surface area contributed by atoms with Crippen LogP contribution >= 0.6 is 35.6 Å². The summed E-state index contributed by atoms with van der Waals surface area (Å²) in [5.74, 6) is -0.488. The standard InChI is InChI=1S/C24H31Cl2N3O3S.C13H19N3O2.C7H16N2.C6H4FNO2.ClH/c1-27(2)20-6-5-14-29(17-20)19-11-9-18(10-12-19)16-21(30)13-15-28(3)33(31,32)23-8-4-7-22(25)24(23)26;1-14(2)13-4-3-9-15(10-13)11-5-7-12(8-6-11)16(17)18;1-9(2)7-4-3-5-8-6-7;7-5-1-3-6(4-2-5)8(9)10;/h4,7-12,20H,5-6,13-17H2,1-3H3;5-8,13H,3-4,9-10H2,1-2H3;7-8H,3-6H2,1-2H3;1-4H;1H. The first-order chi connectivity index (χ1) is 33.2. The van der Waals surface area contributed by atoms with Crippen LogP contribution in [0.2, 0.25) is 10.0 Å². The molecule has 1 N–H and O–H groups in total. The predicted molar refractivity (Wildman–Crippen MR) is 287 cm³/mol. The molecule has 4 aromatic rings. The van der Waals surface area contributed by atoms with E-state index in [-0.39, 0.29) is 68.8 Å². The number of benzene rings is 4. The van der Waals surface area contributed by atoms with Crippen molar-refractivity contribution in [3.8, 4) is 0 Å². The number of piperidine rings is 3. The zero-order valence-electron chi connectivity index (χ0n) is 41.9. The first-order valence-corrected chi connectivity index (χ1v) is 25.7. The molecule has 0 amide bonds. The molecule has 3 saturated heterocycles. The minimum Gasteiger partial charge on any atom is -0.370 e. The highest BCUT2D eigenvalue weighted by Crippen LogP contribution is 2.31. The minimum absolute atomic E-state index is 0. The molecule has 3 heterocycles. The first-order valence-electron chi connectivity index (χ1n) is 23.5. The topological polar surface area (TPSA) is 169 Å². The fourth-order valence-corrected chi connectivity index (χ4v) is 10.1. The van der Waals surface area contributed by atoms with Crippen LogP contribution in [0, 0.1) is 26.0 Å². The number of nitro benzene ring substituents is 2. The molecule has 71 heavy (non-hydrogen) atoms. The van der Waals surface area contributed by atoms with Crippen LogP contribution in [-0.4, -0.2) is 156 Å². The van der Waals surface area contributed by atoms with E-state index < -0.39 is 20.8 Å². The first kappa shape index (κ1) is 60.8. The van der Waals surface area contributed by atoms with Crippen LogP contribution in [0.25, 0.3) is 0 Å². The number of anilines is 2. The Balaban J connectivity index is 0.000000290. The van der Waals surface area contributed by atoms with Gasteiger partial charge in [-0.15, -0.1) is 12.4 Å². The fourth-order valence-electron chi connectivity index (χ4n) is 8.24. The summed E-state index contributed by atoms with van der Waals surface area (Å²) in [6.07, 6.45) is 7.85. The summed E-state index contributed by atoms with van der Waals surface area (Å²) < 4.78 is 38.9. The van der Waals surface area contributed by atoms with Gasteiger partial charge in [-0.3, -0.25) is 25.0 Å². The van der Waals surface area contributed by atoms with Crippen molar-refractivity contribution in [1.82, 2.24) is 24.3 Å². The maximum Gasteiger partial charge on any atom is 0.269 e. The Morgan fingerprint density at radius 2 is 1.17 bits per heavy atom. The van der Waals surface area contributed by atoms with Crippen molar-refractivity contribution in [1.29, 1.82) is 0 Å².